The number of unbranched alkanes of at least 4 members (excludes halogenated alkanes) is 1. The molecular weight excluding hydrogens is 691 g/mol. The Hall–Kier alpha value is -4.57. The molecule has 1 fully saturated rings. The highest BCUT2D eigenvalue weighted by molar-refractivity contribution is 7.13. The van der Waals surface area contributed by atoms with Gasteiger partial charge in [0.2, 0.25) is 11.8 Å². The van der Waals surface area contributed by atoms with Crippen LogP contribution >= 0.6 is 11.3 Å². The van der Waals surface area contributed by atoms with E-state index in [0.29, 0.717) is 19.4 Å². The Labute approximate surface area is 308 Å². The van der Waals surface area contributed by atoms with Gasteiger partial charge in [0.05, 0.1) is 41.5 Å². The van der Waals surface area contributed by atoms with Gasteiger partial charge >= 0.3 is 12.1 Å². The van der Waals surface area contributed by atoms with Gasteiger partial charge in [-0.2, -0.15) is 0 Å². The molecule has 4 atom stereocenters. The summed E-state index contributed by atoms with van der Waals surface area (Å²) in [5, 5.41) is 20.4. The molecule has 15 nitrogen and oxygen atoms in total. The van der Waals surface area contributed by atoms with Gasteiger partial charge in [-0.25, -0.2) is 14.5 Å². The van der Waals surface area contributed by atoms with E-state index in [1.165, 1.54) is 38.9 Å². The minimum absolute atomic E-state index is 0.00428. The van der Waals surface area contributed by atoms with Crippen LogP contribution in [0, 0.1) is 12.8 Å². The molecule has 2 aromatic heterocycles. The van der Waals surface area contributed by atoms with E-state index in [-0.39, 0.29) is 37.9 Å². The lowest BCUT2D eigenvalue weighted by molar-refractivity contribution is -0.147. The summed E-state index contributed by atoms with van der Waals surface area (Å²) in [7, 11) is 1.60. The number of carbonyl (C=O) groups excluding carboxylic acids is 4. The van der Waals surface area contributed by atoms with Crippen molar-refractivity contribution in [1.29, 1.82) is 0 Å². The Morgan fingerprint density at radius 3 is 2.44 bits per heavy atom. The van der Waals surface area contributed by atoms with E-state index in [2.05, 4.69) is 20.6 Å². The Bertz CT molecular complexity index is 1670. The molecule has 52 heavy (non-hydrogen) atoms. The average molecular weight is 742 g/mol. The highest BCUT2D eigenvalue weighted by Gasteiger charge is 2.45. The monoisotopic (exact) mass is 741 g/mol. The van der Waals surface area contributed by atoms with Gasteiger partial charge in [0.25, 0.3) is 5.88 Å². The second-order valence-electron chi connectivity index (χ2n) is 14.3. The minimum Gasteiger partial charge on any atom is -0.475 e. The Kier molecular flexibility index (Phi) is 13.7. The van der Waals surface area contributed by atoms with E-state index in [4.69, 9.17) is 19.3 Å². The molecule has 0 bridgehead atoms. The molecule has 0 radical (unpaired) electrons. The Balaban J connectivity index is 1.61. The number of esters is 1. The number of carbonyl (C=O) groups is 4. The van der Waals surface area contributed by atoms with Crippen LogP contribution in [0.25, 0.3) is 10.4 Å². The number of hydrogen-bond donors (Lipinski definition) is 2. The molecule has 3 aromatic rings. The fourth-order valence-corrected chi connectivity index (χ4v) is 6.78. The van der Waals surface area contributed by atoms with Crippen molar-refractivity contribution < 1.29 is 38.5 Å². The first-order chi connectivity index (χ1) is 24.6. The van der Waals surface area contributed by atoms with Crippen molar-refractivity contribution in [3.63, 3.8) is 0 Å². The molecule has 0 saturated carbocycles. The quantitative estimate of drug-likeness (QED) is 0.168. The van der Waals surface area contributed by atoms with E-state index in [1.807, 2.05) is 45.0 Å². The normalized spacial score (nSPS) is 17.1. The maximum Gasteiger partial charge on any atom is 0.410 e. The van der Waals surface area contributed by atoms with E-state index >= 15 is 0 Å². The van der Waals surface area contributed by atoms with Crippen molar-refractivity contribution in [2.45, 2.75) is 97.6 Å². The molecule has 0 unspecified atom stereocenters. The number of aryl methyl sites for hydroxylation is 1. The van der Waals surface area contributed by atoms with Crippen LogP contribution in [0.15, 0.2) is 36.0 Å². The molecule has 2 N–H and O–H groups in total. The van der Waals surface area contributed by atoms with Crippen molar-refractivity contribution in [2.75, 3.05) is 33.4 Å². The van der Waals surface area contributed by atoms with Crippen molar-refractivity contribution in [3.05, 3.63) is 47.2 Å². The number of aliphatic hydroxyl groups excluding tert-OH is 1. The van der Waals surface area contributed by atoms with Crippen molar-refractivity contribution in [3.8, 4) is 16.3 Å². The van der Waals surface area contributed by atoms with E-state index in [0.717, 1.165) is 21.7 Å². The first kappa shape index (κ1) is 40.2. The number of aliphatic hydroxyl groups is 1. The summed E-state index contributed by atoms with van der Waals surface area (Å²) < 4.78 is 18.2. The van der Waals surface area contributed by atoms with E-state index in [1.54, 1.807) is 33.3 Å². The number of nitrogens with zero attached hydrogens (tertiary/aromatic N) is 6. The van der Waals surface area contributed by atoms with Crippen LogP contribution in [0.3, 0.4) is 0 Å². The summed E-state index contributed by atoms with van der Waals surface area (Å²) >= 11 is 1.53. The molecule has 1 saturated heterocycles. The number of likely N-dealkylation sites (tertiary alicyclic amines) is 1. The zero-order chi connectivity index (χ0) is 38.2. The fraction of sp³-hybridized carbons (Fsp3) is 0.583. The van der Waals surface area contributed by atoms with Crippen LogP contribution in [0.2, 0.25) is 0 Å². The molecule has 1 aliphatic heterocycles. The zero-order valence-electron chi connectivity index (χ0n) is 31.2. The molecule has 3 amide bonds. The molecule has 0 aliphatic carbocycles. The predicted octanol–water partition coefficient (Wildman–Crippen LogP) is 4.32. The molecule has 1 aliphatic rings. The van der Waals surface area contributed by atoms with Crippen LogP contribution in [0.4, 0.5) is 4.79 Å². The lowest BCUT2D eigenvalue weighted by atomic mass is 10.0. The molecule has 284 valence electrons. The summed E-state index contributed by atoms with van der Waals surface area (Å²) in [5.41, 5.74) is 3.68. The first-order valence-electron chi connectivity index (χ1n) is 17.5. The number of benzene rings is 1. The number of nitrogens with one attached hydrogen (secondary N) is 1. The average Bonchev–Trinajstić information content (AvgIpc) is 3.82. The van der Waals surface area contributed by atoms with Crippen molar-refractivity contribution in [2.24, 2.45) is 5.92 Å². The maximum atomic E-state index is 14.3. The number of thiazole rings is 1. The van der Waals surface area contributed by atoms with Gasteiger partial charge < -0.3 is 34.4 Å². The lowest BCUT2D eigenvalue weighted by Crippen LogP contribution is -2.51. The standard InChI is InChI=1S/C36H51N7O8S/c1-22(2)31(43-20-30(39-40-43)49-16-10-9-15-44)34(47)42-18-27(50-24(4)45)17-29(42)33(46)38-28(19-41(8)35(48)51-36(5,6)7)25-11-13-26(14-12-25)32-23(3)37-21-52-32/h11-14,20-22,27-29,31,44H,9-10,15-19H2,1-8H3,(H,38,46)/t27-,28+,29+,31+/m1/s1. The fourth-order valence-electron chi connectivity index (χ4n) is 5.97. The first-order valence-corrected chi connectivity index (χ1v) is 18.3. The lowest BCUT2D eigenvalue weighted by Gasteiger charge is -2.32. The Morgan fingerprint density at radius 2 is 1.85 bits per heavy atom. The third-order valence-electron chi connectivity index (χ3n) is 8.44. The predicted molar refractivity (Wildman–Crippen MR) is 193 cm³/mol. The molecule has 4 rings (SSSR count). The minimum atomic E-state index is -0.996. The third-order valence-corrected chi connectivity index (χ3v) is 9.42. The van der Waals surface area contributed by atoms with E-state index < -0.39 is 53.7 Å². The summed E-state index contributed by atoms with van der Waals surface area (Å²) in [6.45, 7) is 12.7. The Morgan fingerprint density at radius 1 is 1.13 bits per heavy atom. The number of aromatic nitrogens is 4. The molecule has 1 aromatic carbocycles. The third kappa shape index (κ3) is 10.7. The van der Waals surface area contributed by atoms with Gasteiger partial charge in [0, 0.05) is 33.5 Å². The number of likely N-dealkylation sites (N-methyl/N-ethyl adjacent to an activating group) is 1. The van der Waals surface area contributed by atoms with Crippen molar-refractivity contribution >= 4 is 35.2 Å². The topological polar surface area (TPSA) is 178 Å². The molecule has 16 heteroatoms. The number of amides is 3. The molecule has 3 heterocycles. The maximum absolute atomic E-state index is 14.3. The molecule has 0 spiro atoms. The summed E-state index contributed by atoms with van der Waals surface area (Å²) in [4.78, 5) is 61.9. The number of hydrogen-bond acceptors (Lipinski definition) is 12. The van der Waals surface area contributed by atoms with Gasteiger partial charge in [-0.05, 0) is 57.6 Å². The van der Waals surface area contributed by atoms with Gasteiger partial charge in [0.15, 0.2) is 0 Å². The van der Waals surface area contributed by atoms with Gasteiger partial charge in [-0.3, -0.25) is 14.4 Å². The number of rotatable bonds is 15. The SMILES string of the molecule is CC(=O)O[C@@H]1C[C@@H](C(=O)N[C@@H](CN(C)C(=O)OC(C)(C)C)c2ccc(-c3scnc3C)cc2)N(C(=O)[C@H](C(C)C)n2cc(OCCCCO)nn2)C1. The van der Waals surface area contributed by atoms with Crippen LogP contribution in [-0.2, 0) is 23.9 Å². The second-order valence-corrected chi connectivity index (χ2v) is 15.1. The largest absolute Gasteiger partial charge is 0.475 e. The highest BCUT2D eigenvalue weighted by atomic mass is 32.1. The van der Waals surface area contributed by atoms with Gasteiger partial charge in [-0.1, -0.05) is 48.4 Å². The van der Waals surface area contributed by atoms with Crippen LogP contribution < -0.4 is 10.1 Å². The highest BCUT2D eigenvalue weighted by Crippen LogP contribution is 2.31. The van der Waals surface area contributed by atoms with Gasteiger partial charge in [0.1, 0.15) is 23.8 Å². The van der Waals surface area contributed by atoms with Crippen LogP contribution in [0.5, 0.6) is 5.88 Å². The van der Waals surface area contributed by atoms with Crippen LogP contribution in [0.1, 0.15) is 84.1 Å². The van der Waals surface area contributed by atoms with Crippen LogP contribution in [-0.4, -0.2) is 110 Å². The smallest absolute Gasteiger partial charge is 0.410 e. The molecular formula is C36H51N7O8S. The summed E-state index contributed by atoms with van der Waals surface area (Å²) in [6, 6.07) is 5.15. The van der Waals surface area contributed by atoms with E-state index in [9.17, 15) is 19.2 Å². The second kappa shape index (κ2) is 17.8. The zero-order valence-corrected chi connectivity index (χ0v) is 32.0. The summed E-state index contributed by atoms with van der Waals surface area (Å²) in [6.07, 6.45) is 1.56. The van der Waals surface area contributed by atoms with Gasteiger partial charge in [-0.15, -0.1) is 11.3 Å². The number of ether oxygens (including phenoxy) is 3. The van der Waals surface area contributed by atoms with Crippen molar-refractivity contribution in [1.82, 2.24) is 35.1 Å². The summed E-state index contributed by atoms with van der Waals surface area (Å²) in [5.74, 6) is -1.41.